The van der Waals surface area contributed by atoms with E-state index in [1.165, 1.54) is 0 Å². The minimum absolute atomic E-state index is 0.146. The highest BCUT2D eigenvalue weighted by Crippen LogP contribution is 2.22. The zero-order valence-electron chi connectivity index (χ0n) is 11.9. The summed E-state index contributed by atoms with van der Waals surface area (Å²) in [7, 11) is 0. The highest BCUT2D eigenvalue weighted by molar-refractivity contribution is 7.99. The van der Waals surface area contributed by atoms with E-state index in [2.05, 4.69) is 10.2 Å². The summed E-state index contributed by atoms with van der Waals surface area (Å²) in [6.07, 6.45) is 0. The first-order valence-electron chi connectivity index (χ1n) is 6.63. The third kappa shape index (κ3) is 2.82. The molecule has 1 fully saturated rings. The second-order valence-corrected chi connectivity index (χ2v) is 5.80. The molecule has 0 spiro atoms. The molecule has 0 aromatic carbocycles. The number of rotatable bonds is 3. The Labute approximate surface area is 122 Å². The normalized spacial score (nSPS) is 18.9. The molecular weight excluding hydrogens is 278 g/mol. The number of aromatic amines is 1. The number of nitrogens with one attached hydrogen (secondary N) is 1. The molecule has 1 aliphatic rings. The highest BCUT2D eigenvalue weighted by atomic mass is 32.2. The van der Waals surface area contributed by atoms with Gasteiger partial charge >= 0.3 is 5.97 Å². The summed E-state index contributed by atoms with van der Waals surface area (Å²) in [5, 5.41) is 6.85. The van der Waals surface area contributed by atoms with Crippen LogP contribution in [0.25, 0.3) is 0 Å². The van der Waals surface area contributed by atoms with Gasteiger partial charge < -0.3 is 9.64 Å². The summed E-state index contributed by atoms with van der Waals surface area (Å²) in [5.74, 6) is 0.942. The van der Waals surface area contributed by atoms with Crippen molar-refractivity contribution in [2.24, 2.45) is 0 Å². The number of carbonyl (C=O) groups excluding carboxylic acids is 2. The quantitative estimate of drug-likeness (QED) is 0.847. The first-order valence-corrected chi connectivity index (χ1v) is 7.78. The number of aryl methyl sites for hydroxylation is 2. The third-order valence-corrected chi connectivity index (χ3v) is 4.31. The zero-order chi connectivity index (χ0) is 14.7. The molecule has 0 radical (unpaired) electrons. The van der Waals surface area contributed by atoms with Gasteiger partial charge in [0.05, 0.1) is 17.9 Å². The van der Waals surface area contributed by atoms with Crippen molar-refractivity contribution in [1.29, 1.82) is 0 Å². The van der Waals surface area contributed by atoms with Gasteiger partial charge in [0, 0.05) is 23.7 Å². The van der Waals surface area contributed by atoms with Gasteiger partial charge in [-0.3, -0.25) is 9.89 Å². The van der Waals surface area contributed by atoms with E-state index in [9.17, 15) is 9.59 Å². The van der Waals surface area contributed by atoms with Crippen molar-refractivity contribution >= 4 is 23.6 Å². The first-order chi connectivity index (χ1) is 9.56. The van der Waals surface area contributed by atoms with Gasteiger partial charge in [0.2, 0.25) is 0 Å². The number of aromatic nitrogens is 2. The van der Waals surface area contributed by atoms with Crippen molar-refractivity contribution in [3.8, 4) is 0 Å². The van der Waals surface area contributed by atoms with E-state index >= 15 is 0 Å². The molecule has 7 heteroatoms. The zero-order valence-corrected chi connectivity index (χ0v) is 12.7. The fourth-order valence-electron chi connectivity index (χ4n) is 2.29. The van der Waals surface area contributed by atoms with Crippen molar-refractivity contribution in [3.63, 3.8) is 0 Å². The maximum atomic E-state index is 12.7. The second kappa shape index (κ2) is 6.30. The fraction of sp³-hybridized carbons (Fsp3) is 0.615. The van der Waals surface area contributed by atoms with Crippen LogP contribution in [0.5, 0.6) is 0 Å². The maximum Gasteiger partial charge on any atom is 0.329 e. The molecule has 1 aliphatic heterocycles. The lowest BCUT2D eigenvalue weighted by molar-refractivity contribution is -0.147. The lowest BCUT2D eigenvalue weighted by Gasteiger charge is -2.33. The van der Waals surface area contributed by atoms with E-state index < -0.39 is 6.04 Å². The average molecular weight is 297 g/mol. The topological polar surface area (TPSA) is 75.3 Å². The Morgan fingerprint density at radius 1 is 1.50 bits per heavy atom. The van der Waals surface area contributed by atoms with Crippen LogP contribution in [0.3, 0.4) is 0 Å². The number of hydrogen-bond acceptors (Lipinski definition) is 5. The Hall–Kier alpha value is -1.50. The Morgan fingerprint density at radius 2 is 2.25 bits per heavy atom. The maximum absolute atomic E-state index is 12.7. The molecule has 110 valence electrons. The minimum Gasteiger partial charge on any atom is -0.464 e. The summed E-state index contributed by atoms with van der Waals surface area (Å²) in [5.41, 5.74) is 1.95. The standard InChI is InChI=1S/C13H19N3O3S/c1-4-19-13(18)10-7-20-6-5-16(10)12(17)11-8(2)14-15-9(11)3/h10H,4-7H2,1-3H3,(H,14,15). The summed E-state index contributed by atoms with van der Waals surface area (Å²) >= 11 is 1.67. The summed E-state index contributed by atoms with van der Waals surface area (Å²) in [6.45, 7) is 6.24. The largest absolute Gasteiger partial charge is 0.464 e. The average Bonchev–Trinajstić information content (AvgIpc) is 2.78. The molecule has 0 bridgehead atoms. The van der Waals surface area contributed by atoms with Crippen LogP contribution in [0.2, 0.25) is 0 Å². The summed E-state index contributed by atoms with van der Waals surface area (Å²) in [4.78, 5) is 26.3. The Bertz CT molecular complexity index is 495. The number of nitrogens with zero attached hydrogens (tertiary/aromatic N) is 2. The molecule has 2 heterocycles. The fourth-order valence-corrected chi connectivity index (χ4v) is 3.32. The van der Waals surface area contributed by atoms with Crippen LogP contribution >= 0.6 is 11.8 Å². The third-order valence-electron chi connectivity index (χ3n) is 3.29. The molecule has 2 rings (SSSR count). The van der Waals surface area contributed by atoms with Gasteiger partial charge in [-0.1, -0.05) is 0 Å². The van der Waals surface area contributed by atoms with E-state index in [0.29, 0.717) is 30.2 Å². The summed E-state index contributed by atoms with van der Waals surface area (Å²) < 4.78 is 5.07. The van der Waals surface area contributed by atoms with Crippen molar-refractivity contribution < 1.29 is 14.3 Å². The number of amides is 1. The highest BCUT2D eigenvalue weighted by Gasteiger charge is 2.35. The van der Waals surface area contributed by atoms with Gasteiger partial charge in [-0.15, -0.1) is 0 Å². The first kappa shape index (κ1) is 14.9. The lowest BCUT2D eigenvalue weighted by Crippen LogP contribution is -2.51. The predicted octanol–water partition coefficient (Wildman–Crippen LogP) is 1.15. The molecule has 20 heavy (non-hydrogen) atoms. The molecule has 1 atom stereocenters. The van der Waals surface area contributed by atoms with Crippen molar-refractivity contribution in [2.45, 2.75) is 26.8 Å². The van der Waals surface area contributed by atoms with Gasteiger partial charge in [0.15, 0.2) is 0 Å². The predicted molar refractivity (Wildman–Crippen MR) is 76.8 cm³/mol. The number of ether oxygens (including phenoxy) is 1. The number of thioether (sulfide) groups is 1. The van der Waals surface area contributed by atoms with Crippen molar-refractivity contribution in [1.82, 2.24) is 15.1 Å². The molecule has 1 aromatic rings. The van der Waals surface area contributed by atoms with Crippen LogP contribution in [-0.4, -0.2) is 57.7 Å². The second-order valence-electron chi connectivity index (χ2n) is 4.65. The Balaban J connectivity index is 2.24. The van der Waals surface area contributed by atoms with Crippen molar-refractivity contribution in [2.75, 3.05) is 24.7 Å². The number of H-pyrrole nitrogens is 1. The molecule has 0 saturated carbocycles. The number of carbonyl (C=O) groups is 2. The van der Waals surface area contributed by atoms with Crippen LogP contribution in [0, 0.1) is 13.8 Å². The van der Waals surface area contributed by atoms with Crippen LogP contribution in [0.4, 0.5) is 0 Å². The molecule has 1 aromatic heterocycles. The number of hydrogen-bond donors (Lipinski definition) is 1. The van der Waals surface area contributed by atoms with E-state index in [-0.39, 0.29) is 11.9 Å². The van der Waals surface area contributed by atoms with Crippen LogP contribution < -0.4 is 0 Å². The molecule has 1 amide bonds. The smallest absolute Gasteiger partial charge is 0.329 e. The van der Waals surface area contributed by atoms with Gasteiger partial charge in [0.25, 0.3) is 5.91 Å². The lowest BCUT2D eigenvalue weighted by atomic mass is 10.1. The van der Waals surface area contributed by atoms with Crippen LogP contribution in [0.1, 0.15) is 28.7 Å². The molecule has 0 aliphatic carbocycles. The molecule has 1 N–H and O–H groups in total. The van der Waals surface area contributed by atoms with Crippen molar-refractivity contribution in [3.05, 3.63) is 17.0 Å². The van der Waals surface area contributed by atoms with E-state index in [1.807, 2.05) is 6.92 Å². The van der Waals surface area contributed by atoms with Gasteiger partial charge in [-0.25, -0.2) is 4.79 Å². The van der Waals surface area contributed by atoms with Crippen LogP contribution in [-0.2, 0) is 9.53 Å². The monoisotopic (exact) mass is 297 g/mol. The van der Waals surface area contributed by atoms with Gasteiger partial charge in [0.1, 0.15) is 6.04 Å². The number of esters is 1. The van der Waals surface area contributed by atoms with Gasteiger partial charge in [-0.2, -0.15) is 16.9 Å². The summed E-state index contributed by atoms with van der Waals surface area (Å²) in [6, 6.07) is -0.505. The SMILES string of the molecule is CCOC(=O)C1CSCCN1C(=O)c1c(C)n[nH]c1C. The molecule has 1 unspecified atom stereocenters. The molecular formula is C13H19N3O3S. The Kier molecular flexibility index (Phi) is 4.69. The molecule has 6 nitrogen and oxygen atoms in total. The van der Waals surface area contributed by atoms with Gasteiger partial charge in [-0.05, 0) is 20.8 Å². The van der Waals surface area contributed by atoms with E-state index in [1.54, 1.807) is 30.5 Å². The van der Waals surface area contributed by atoms with Crippen LogP contribution in [0.15, 0.2) is 0 Å². The molecule has 1 saturated heterocycles. The van der Waals surface area contributed by atoms with E-state index in [4.69, 9.17) is 4.74 Å². The Morgan fingerprint density at radius 3 is 2.85 bits per heavy atom. The van der Waals surface area contributed by atoms with E-state index in [0.717, 1.165) is 11.4 Å². The minimum atomic E-state index is -0.505.